The first kappa shape index (κ1) is 15.9. The van der Waals surface area contributed by atoms with Crippen LogP contribution in [0.4, 0.5) is 0 Å². The number of pyridine rings is 1. The number of rotatable bonds is 6. The summed E-state index contributed by atoms with van der Waals surface area (Å²) < 4.78 is 7.84. The molecule has 114 valence electrons. The first-order valence-corrected chi connectivity index (χ1v) is 7.35. The summed E-state index contributed by atoms with van der Waals surface area (Å²) in [6.45, 7) is 1.53. The van der Waals surface area contributed by atoms with Crippen molar-refractivity contribution in [3.63, 3.8) is 0 Å². The molecule has 0 radical (unpaired) electrons. The predicted molar refractivity (Wildman–Crippen MR) is 83.3 cm³/mol. The second-order valence-electron chi connectivity index (χ2n) is 4.92. The summed E-state index contributed by atoms with van der Waals surface area (Å²) in [4.78, 5) is 6.08. The largest absolute Gasteiger partial charge is 0.495 e. The summed E-state index contributed by atoms with van der Waals surface area (Å²) >= 11 is 3.46. The number of nitrogens with zero attached hydrogens (tertiary/aromatic N) is 4. The number of methoxy groups -OCH3 is 1. The Bertz CT molecular complexity index is 600. The van der Waals surface area contributed by atoms with Crippen molar-refractivity contribution in [1.29, 1.82) is 0 Å². The van der Waals surface area contributed by atoms with Crippen LogP contribution in [0, 0.1) is 0 Å². The van der Waals surface area contributed by atoms with Crippen LogP contribution in [-0.4, -0.2) is 52.5 Å². The molecule has 0 saturated carbocycles. The lowest BCUT2D eigenvalue weighted by Gasteiger charge is -2.18. The molecule has 7 heteroatoms. The molecule has 2 aromatic heterocycles. The number of hydrogen-bond donors (Lipinski definition) is 1. The second kappa shape index (κ2) is 7.02. The fourth-order valence-electron chi connectivity index (χ4n) is 2.05. The molecule has 0 aliphatic carbocycles. The van der Waals surface area contributed by atoms with Gasteiger partial charge in [-0.1, -0.05) is 0 Å². The van der Waals surface area contributed by atoms with Gasteiger partial charge in [-0.05, 0) is 36.1 Å². The zero-order valence-electron chi connectivity index (χ0n) is 12.3. The summed E-state index contributed by atoms with van der Waals surface area (Å²) in [6, 6.07) is 1.75. The van der Waals surface area contributed by atoms with E-state index in [9.17, 15) is 5.11 Å². The van der Waals surface area contributed by atoms with Gasteiger partial charge in [-0.2, -0.15) is 5.10 Å². The monoisotopic (exact) mass is 354 g/mol. The maximum absolute atomic E-state index is 10.7. The van der Waals surface area contributed by atoms with Gasteiger partial charge in [0.05, 0.1) is 36.2 Å². The Labute approximate surface area is 132 Å². The molecule has 0 aliphatic rings. The number of aliphatic hydroxyl groups excluding tert-OH is 1. The number of hydrogen-bond acceptors (Lipinski definition) is 5. The Balaban J connectivity index is 2.34. The maximum Gasteiger partial charge on any atom is 0.143 e. The van der Waals surface area contributed by atoms with Crippen molar-refractivity contribution in [2.24, 2.45) is 0 Å². The maximum atomic E-state index is 10.7. The van der Waals surface area contributed by atoms with Gasteiger partial charge < -0.3 is 14.7 Å². The molecular weight excluding hydrogens is 336 g/mol. The molecule has 2 heterocycles. The second-order valence-corrected chi connectivity index (χ2v) is 5.78. The van der Waals surface area contributed by atoms with Crippen molar-refractivity contribution in [2.75, 3.05) is 27.7 Å². The molecule has 21 heavy (non-hydrogen) atoms. The van der Waals surface area contributed by atoms with E-state index in [-0.39, 0.29) is 0 Å². The number of ether oxygens (including phenoxy) is 1. The Hall–Kier alpha value is -1.44. The standard InChI is InChI=1S/C14H19BrN4O2/c1-18(2)6-7-19-13(11(15)8-17-19)14(20)10-4-5-16-9-12(10)21-3/h4-5,8-9,14,20H,6-7H2,1-3H3. The molecule has 0 amide bonds. The Morgan fingerprint density at radius 1 is 1.43 bits per heavy atom. The molecule has 0 aliphatic heterocycles. The fourth-order valence-corrected chi connectivity index (χ4v) is 2.56. The van der Waals surface area contributed by atoms with Crippen LogP contribution in [0.2, 0.25) is 0 Å². The van der Waals surface area contributed by atoms with Crippen LogP contribution < -0.4 is 4.74 Å². The Morgan fingerprint density at radius 2 is 2.19 bits per heavy atom. The number of aromatic nitrogens is 3. The number of aliphatic hydroxyl groups is 1. The predicted octanol–water partition coefficient (Wildman–Crippen LogP) is 1.69. The van der Waals surface area contributed by atoms with E-state index in [1.54, 1.807) is 36.4 Å². The van der Waals surface area contributed by atoms with Crippen molar-refractivity contribution >= 4 is 15.9 Å². The molecule has 2 aromatic rings. The Morgan fingerprint density at radius 3 is 2.86 bits per heavy atom. The van der Waals surface area contributed by atoms with Crippen molar-refractivity contribution in [3.05, 3.63) is 40.4 Å². The molecule has 0 fully saturated rings. The van der Waals surface area contributed by atoms with Crippen molar-refractivity contribution < 1.29 is 9.84 Å². The van der Waals surface area contributed by atoms with Gasteiger partial charge in [0.15, 0.2) is 0 Å². The summed E-state index contributed by atoms with van der Waals surface area (Å²) in [6.07, 6.45) is 4.09. The molecule has 2 rings (SSSR count). The van der Waals surface area contributed by atoms with E-state index in [2.05, 4.69) is 30.9 Å². The van der Waals surface area contributed by atoms with Crippen LogP contribution in [0.3, 0.4) is 0 Å². The highest BCUT2D eigenvalue weighted by Crippen LogP contribution is 2.32. The van der Waals surface area contributed by atoms with E-state index >= 15 is 0 Å². The highest BCUT2D eigenvalue weighted by atomic mass is 79.9. The topological polar surface area (TPSA) is 63.4 Å². The highest BCUT2D eigenvalue weighted by Gasteiger charge is 2.22. The molecule has 1 atom stereocenters. The van der Waals surface area contributed by atoms with E-state index in [1.165, 1.54) is 0 Å². The van der Waals surface area contributed by atoms with Gasteiger partial charge in [-0.15, -0.1) is 0 Å². The lowest BCUT2D eigenvalue weighted by molar-refractivity contribution is 0.199. The van der Waals surface area contributed by atoms with E-state index in [4.69, 9.17) is 4.74 Å². The molecule has 1 unspecified atom stereocenters. The zero-order chi connectivity index (χ0) is 15.4. The summed E-state index contributed by atoms with van der Waals surface area (Å²) in [5.41, 5.74) is 1.38. The van der Waals surface area contributed by atoms with E-state index in [1.807, 2.05) is 14.1 Å². The molecule has 0 saturated heterocycles. The van der Waals surface area contributed by atoms with Crippen LogP contribution in [0.5, 0.6) is 5.75 Å². The van der Waals surface area contributed by atoms with Gasteiger partial charge in [-0.25, -0.2) is 0 Å². The van der Waals surface area contributed by atoms with Crippen LogP contribution in [-0.2, 0) is 6.54 Å². The summed E-state index contributed by atoms with van der Waals surface area (Å²) in [5, 5.41) is 15.0. The van der Waals surface area contributed by atoms with E-state index in [0.717, 1.165) is 11.0 Å². The smallest absolute Gasteiger partial charge is 0.143 e. The van der Waals surface area contributed by atoms with E-state index < -0.39 is 6.10 Å². The summed E-state index contributed by atoms with van der Waals surface area (Å²) in [5.74, 6) is 0.553. The van der Waals surface area contributed by atoms with E-state index in [0.29, 0.717) is 23.6 Å². The fraction of sp³-hybridized carbons (Fsp3) is 0.429. The van der Waals surface area contributed by atoms with Crippen LogP contribution >= 0.6 is 15.9 Å². The zero-order valence-corrected chi connectivity index (χ0v) is 13.9. The van der Waals surface area contributed by atoms with Gasteiger partial charge in [0, 0.05) is 18.3 Å². The molecule has 6 nitrogen and oxygen atoms in total. The normalized spacial score (nSPS) is 12.7. The molecule has 1 N–H and O–H groups in total. The molecule has 0 aromatic carbocycles. The minimum absolute atomic E-state index is 0.553. The lowest BCUT2D eigenvalue weighted by Crippen LogP contribution is -2.21. The minimum atomic E-state index is -0.831. The van der Waals surface area contributed by atoms with Gasteiger partial charge >= 0.3 is 0 Å². The van der Waals surface area contributed by atoms with Crippen molar-refractivity contribution in [2.45, 2.75) is 12.6 Å². The average Bonchev–Trinajstić information content (AvgIpc) is 2.85. The average molecular weight is 355 g/mol. The highest BCUT2D eigenvalue weighted by molar-refractivity contribution is 9.10. The third-order valence-corrected chi connectivity index (χ3v) is 3.79. The molecular formula is C14H19BrN4O2. The van der Waals surface area contributed by atoms with Crippen molar-refractivity contribution in [3.8, 4) is 5.75 Å². The quantitative estimate of drug-likeness (QED) is 0.855. The van der Waals surface area contributed by atoms with Gasteiger partial charge in [-0.3, -0.25) is 9.67 Å². The minimum Gasteiger partial charge on any atom is -0.495 e. The Kier molecular flexibility index (Phi) is 5.33. The first-order valence-electron chi connectivity index (χ1n) is 6.56. The van der Waals surface area contributed by atoms with Crippen LogP contribution in [0.25, 0.3) is 0 Å². The van der Waals surface area contributed by atoms with Crippen LogP contribution in [0.15, 0.2) is 29.1 Å². The lowest BCUT2D eigenvalue weighted by atomic mass is 10.1. The first-order chi connectivity index (χ1) is 10.0. The third kappa shape index (κ3) is 3.61. The van der Waals surface area contributed by atoms with Gasteiger partial charge in [0.1, 0.15) is 11.9 Å². The van der Waals surface area contributed by atoms with Gasteiger partial charge in [0.25, 0.3) is 0 Å². The van der Waals surface area contributed by atoms with Crippen LogP contribution in [0.1, 0.15) is 17.4 Å². The van der Waals surface area contributed by atoms with Crippen molar-refractivity contribution in [1.82, 2.24) is 19.7 Å². The number of halogens is 1. The SMILES string of the molecule is COc1cnccc1C(O)c1c(Br)cnn1CCN(C)C. The number of likely N-dealkylation sites (N-methyl/N-ethyl adjacent to an activating group) is 1. The third-order valence-electron chi connectivity index (χ3n) is 3.18. The molecule has 0 bridgehead atoms. The molecule has 0 spiro atoms. The van der Waals surface area contributed by atoms with Gasteiger partial charge in [0.2, 0.25) is 0 Å². The summed E-state index contributed by atoms with van der Waals surface area (Å²) in [7, 11) is 5.56.